The number of hydrogen-bond donors (Lipinski definition) is 1. The molecule has 0 unspecified atom stereocenters. The van der Waals surface area contributed by atoms with Crippen LogP contribution in [0.15, 0.2) is 107 Å². The van der Waals surface area contributed by atoms with Crippen molar-refractivity contribution in [3.05, 3.63) is 103 Å². The monoisotopic (exact) mass is 478 g/mol. The molecular formula is C26H17F3N2O2S. The van der Waals surface area contributed by atoms with Crippen molar-refractivity contribution in [2.45, 2.75) is 16.0 Å². The second-order valence-electron chi connectivity index (χ2n) is 7.73. The fraction of sp³-hybridized carbons (Fsp3) is 0.0385. The second kappa shape index (κ2) is 8.14. The highest BCUT2D eigenvalue weighted by Gasteiger charge is 2.30. The van der Waals surface area contributed by atoms with Gasteiger partial charge in [-0.05, 0) is 53.6 Å². The van der Waals surface area contributed by atoms with Crippen molar-refractivity contribution in [2.75, 3.05) is 0 Å². The molecule has 0 aliphatic rings. The predicted octanol–water partition coefficient (Wildman–Crippen LogP) is 6.75. The van der Waals surface area contributed by atoms with Crippen LogP contribution in [-0.4, -0.2) is 18.4 Å². The molecule has 8 heteroatoms. The Morgan fingerprint density at radius 3 is 1.85 bits per heavy atom. The molecule has 0 bridgehead atoms. The standard InChI is InChI=1S/C26H17F3N2O2S/c27-26(28,29)20-12-15-23-24(16-20)31-25(30-23)19-8-6-17(7-9-19)18-10-13-22(14-11-18)34(32,33)21-4-2-1-3-5-21/h1-16H,(H,30,31). The second-order valence-corrected chi connectivity index (χ2v) is 9.68. The van der Waals surface area contributed by atoms with E-state index in [9.17, 15) is 21.6 Å². The van der Waals surface area contributed by atoms with Crippen molar-refractivity contribution in [1.82, 2.24) is 9.97 Å². The Bertz CT molecular complexity index is 1570. The predicted molar refractivity (Wildman–Crippen MR) is 124 cm³/mol. The molecule has 5 rings (SSSR count). The Balaban J connectivity index is 1.40. The lowest BCUT2D eigenvalue weighted by Crippen LogP contribution is -2.04. The Morgan fingerprint density at radius 1 is 0.676 bits per heavy atom. The number of nitrogens with zero attached hydrogens (tertiary/aromatic N) is 1. The third-order valence-electron chi connectivity index (χ3n) is 5.52. The number of rotatable bonds is 4. The number of fused-ring (bicyclic) bond motifs is 1. The van der Waals surface area contributed by atoms with Crippen LogP contribution < -0.4 is 0 Å². The van der Waals surface area contributed by atoms with Crippen molar-refractivity contribution in [3.8, 4) is 22.5 Å². The van der Waals surface area contributed by atoms with Gasteiger partial charge in [-0.15, -0.1) is 0 Å². The van der Waals surface area contributed by atoms with E-state index in [-0.39, 0.29) is 15.3 Å². The normalized spacial score (nSPS) is 12.2. The first kappa shape index (κ1) is 21.9. The molecule has 0 atom stereocenters. The summed E-state index contributed by atoms with van der Waals surface area (Å²) in [7, 11) is -3.59. The molecule has 0 spiro atoms. The fourth-order valence-electron chi connectivity index (χ4n) is 3.70. The van der Waals surface area contributed by atoms with Gasteiger partial charge in [0.05, 0.1) is 26.4 Å². The third kappa shape index (κ3) is 4.08. The van der Waals surface area contributed by atoms with E-state index in [1.54, 1.807) is 54.6 Å². The van der Waals surface area contributed by atoms with Crippen LogP contribution in [0.5, 0.6) is 0 Å². The van der Waals surface area contributed by atoms with Crippen molar-refractivity contribution in [3.63, 3.8) is 0 Å². The zero-order valence-corrected chi connectivity index (χ0v) is 18.4. The van der Waals surface area contributed by atoms with Crippen LogP contribution in [0, 0.1) is 0 Å². The summed E-state index contributed by atoms with van der Waals surface area (Å²) in [6.07, 6.45) is -4.43. The lowest BCUT2D eigenvalue weighted by Gasteiger charge is -2.07. The molecule has 0 saturated heterocycles. The van der Waals surface area contributed by atoms with Gasteiger partial charge in [-0.2, -0.15) is 13.2 Å². The third-order valence-corrected chi connectivity index (χ3v) is 7.31. The summed E-state index contributed by atoms with van der Waals surface area (Å²) in [6, 6.07) is 25.6. The number of halogens is 3. The summed E-state index contributed by atoms with van der Waals surface area (Å²) in [6.45, 7) is 0. The SMILES string of the molecule is O=S(=O)(c1ccccc1)c1ccc(-c2ccc(-c3nc4cc(C(F)(F)F)ccc4[nH]3)cc2)cc1. The first-order chi connectivity index (χ1) is 16.2. The van der Waals surface area contributed by atoms with Gasteiger partial charge < -0.3 is 4.98 Å². The lowest BCUT2D eigenvalue weighted by atomic mass is 10.0. The molecule has 1 aromatic heterocycles. The first-order valence-corrected chi connectivity index (χ1v) is 11.8. The van der Waals surface area contributed by atoms with Gasteiger partial charge in [0.1, 0.15) is 5.82 Å². The van der Waals surface area contributed by atoms with E-state index >= 15 is 0 Å². The van der Waals surface area contributed by atoms with E-state index in [0.29, 0.717) is 11.3 Å². The van der Waals surface area contributed by atoms with Crippen molar-refractivity contribution in [2.24, 2.45) is 0 Å². The van der Waals surface area contributed by atoms with Crippen molar-refractivity contribution in [1.29, 1.82) is 0 Å². The van der Waals surface area contributed by atoms with Gasteiger partial charge in [-0.1, -0.05) is 54.6 Å². The van der Waals surface area contributed by atoms with Crippen LogP contribution in [0.2, 0.25) is 0 Å². The van der Waals surface area contributed by atoms with Gasteiger partial charge in [0.15, 0.2) is 0 Å². The van der Waals surface area contributed by atoms with Crippen LogP contribution >= 0.6 is 0 Å². The average molecular weight is 478 g/mol. The molecule has 0 fully saturated rings. The summed E-state index contributed by atoms with van der Waals surface area (Å²) in [5.74, 6) is 0.463. The minimum absolute atomic E-state index is 0.208. The molecule has 0 amide bonds. The molecule has 1 heterocycles. The average Bonchev–Trinajstić information content (AvgIpc) is 3.28. The largest absolute Gasteiger partial charge is 0.416 e. The van der Waals surface area contributed by atoms with E-state index in [2.05, 4.69) is 9.97 Å². The molecule has 0 saturated carbocycles. The number of hydrogen-bond acceptors (Lipinski definition) is 3. The minimum atomic E-state index is -4.43. The molecule has 4 aromatic carbocycles. The molecule has 0 aliphatic carbocycles. The minimum Gasteiger partial charge on any atom is -0.338 e. The molecule has 4 nitrogen and oxygen atoms in total. The number of H-pyrrole nitrogens is 1. The van der Waals surface area contributed by atoms with Gasteiger partial charge >= 0.3 is 6.18 Å². The maximum absolute atomic E-state index is 13.0. The highest BCUT2D eigenvalue weighted by Crippen LogP contribution is 2.32. The number of imidazole rings is 1. The van der Waals surface area contributed by atoms with Gasteiger partial charge in [-0.25, -0.2) is 13.4 Å². The smallest absolute Gasteiger partial charge is 0.338 e. The van der Waals surface area contributed by atoms with Crippen LogP contribution in [0.1, 0.15) is 5.56 Å². The zero-order valence-electron chi connectivity index (χ0n) is 17.5. The van der Waals surface area contributed by atoms with E-state index in [1.807, 2.05) is 24.3 Å². The summed E-state index contributed by atoms with van der Waals surface area (Å²) in [5.41, 5.74) is 2.43. The van der Waals surface area contributed by atoms with Gasteiger partial charge in [0, 0.05) is 5.56 Å². The topological polar surface area (TPSA) is 62.8 Å². The van der Waals surface area contributed by atoms with Crippen LogP contribution in [0.4, 0.5) is 13.2 Å². The van der Waals surface area contributed by atoms with Gasteiger partial charge in [0.2, 0.25) is 9.84 Å². The number of nitrogens with one attached hydrogen (secondary N) is 1. The van der Waals surface area contributed by atoms with Gasteiger partial charge in [0.25, 0.3) is 0 Å². The highest BCUT2D eigenvalue weighted by atomic mass is 32.2. The number of benzene rings is 4. The first-order valence-electron chi connectivity index (χ1n) is 10.3. The summed E-state index contributed by atoms with van der Waals surface area (Å²) >= 11 is 0. The van der Waals surface area contributed by atoms with E-state index in [0.717, 1.165) is 28.8 Å². The molecule has 1 N–H and O–H groups in total. The summed E-state index contributed by atoms with van der Waals surface area (Å²) in [4.78, 5) is 7.79. The Kier molecular flexibility index (Phi) is 5.25. The molecule has 0 aliphatic heterocycles. The molecular weight excluding hydrogens is 461 g/mol. The van der Waals surface area contributed by atoms with Crippen molar-refractivity contribution < 1.29 is 21.6 Å². The number of sulfone groups is 1. The number of aromatic amines is 1. The van der Waals surface area contributed by atoms with E-state index in [4.69, 9.17) is 0 Å². The Labute approximate surface area is 193 Å². The van der Waals surface area contributed by atoms with Crippen LogP contribution in [-0.2, 0) is 16.0 Å². The summed E-state index contributed by atoms with van der Waals surface area (Å²) in [5, 5.41) is 0. The molecule has 170 valence electrons. The quantitative estimate of drug-likeness (QED) is 0.311. The Morgan fingerprint density at radius 2 is 1.24 bits per heavy atom. The Hall–Kier alpha value is -3.91. The zero-order chi connectivity index (χ0) is 23.9. The highest BCUT2D eigenvalue weighted by molar-refractivity contribution is 7.91. The maximum atomic E-state index is 13.0. The molecule has 5 aromatic rings. The molecule has 34 heavy (non-hydrogen) atoms. The lowest BCUT2D eigenvalue weighted by molar-refractivity contribution is -0.137. The number of alkyl halides is 3. The van der Waals surface area contributed by atoms with Crippen LogP contribution in [0.25, 0.3) is 33.5 Å². The maximum Gasteiger partial charge on any atom is 0.416 e. The number of aromatic nitrogens is 2. The van der Waals surface area contributed by atoms with Gasteiger partial charge in [-0.3, -0.25) is 0 Å². The summed E-state index contributed by atoms with van der Waals surface area (Å²) < 4.78 is 64.4. The van der Waals surface area contributed by atoms with E-state index in [1.165, 1.54) is 6.07 Å². The van der Waals surface area contributed by atoms with Crippen molar-refractivity contribution >= 4 is 20.9 Å². The van der Waals surface area contributed by atoms with Crippen LogP contribution in [0.3, 0.4) is 0 Å². The molecule has 0 radical (unpaired) electrons. The van der Waals surface area contributed by atoms with E-state index < -0.39 is 21.6 Å². The fourth-order valence-corrected chi connectivity index (χ4v) is 4.98.